The minimum Gasteiger partial charge on any atom is -0.451 e. The van der Waals surface area contributed by atoms with Gasteiger partial charge in [0.05, 0.1) is 5.56 Å². The molecule has 0 bridgehead atoms. The van der Waals surface area contributed by atoms with Gasteiger partial charge >= 0.3 is 5.97 Å². The summed E-state index contributed by atoms with van der Waals surface area (Å²) in [7, 11) is 0. The summed E-state index contributed by atoms with van der Waals surface area (Å²) in [5.41, 5.74) is 7.69. The van der Waals surface area contributed by atoms with E-state index in [1.54, 1.807) is 5.38 Å². The highest BCUT2D eigenvalue weighted by molar-refractivity contribution is 7.17. The van der Waals surface area contributed by atoms with Gasteiger partial charge < -0.3 is 15.8 Å². The molecule has 2 heterocycles. The van der Waals surface area contributed by atoms with E-state index in [-0.39, 0.29) is 0 Å². The van der Waals surface area contributed by atoms with E-state index in [0.29, 0.717) is 21.4 Å². The van der Waals surface area contributed by atoms with Gasteiger partial charge in [-0.15, -0.1) is 22.7 Å². The van der Waals surface area contributed by atoms with Crippen molar-refractivity contribution in [3.8, 4) is 0 Å². The molecule has 2 aromatic rings. The third-order valence-corrected chi connectivity index (χ3v) is 6.56. The number of hydrogen-bond acceptors (Lipinski definition) is 6. The maximum absolute atomic E-state index is 12.2. The van der Waals surface area contributed by atoms with Gasteiger partial charge in [-0.25, -0.2) is 4.79 Å². The second-order valence-electron chi connectivity index (χ2n) is 6.48. The molecule has 0 saturated carbocycles. The highest BCUT2D eigenvalue weighted by atomic mass is 32.1. The summed E-state index contributed by atoms with van der Waals surface area (Å²) < 4.78 is 5.07. The van der Waals surface area contributed by atoms with E-state index in [0.717, 1.165) is 35.3 Å². The number of carbonyl (C=O) groups is 3. The molecule has 0 aliphatic heterocycles. The zero-order valence-corrected chi connectivity index (χ0v) is 16.2. The Bertz CT molecular complexity index is 869. The zero-order valence-electron chi connectivity index (χ0n) is 14.6. The Morgan fingerprint density at radius 3 is 2.81 bits per heavy atom. The van der Waals surface area contributed by atoms with E-state index >= 15 is 0 Å². The number of rotatable bonds is 5. The van der Waals surface area contributed by atoms with Crippen LogP contribution in [0.4, 0.5) is 5.00 Å². The molecule has 3 rings (SSSR count). The third kappa shape index (κ3) is 3.81. The van der Waals surface area contributed by atoms with Crippen molar-refractivity contribution < 1.29 is 19.1 Å². The molecule has 1 atom stereocenters. The van der Waals surface area contributed by atoms with Crippen LogP contribution in [0.15, 0.2) is 11.4 Å². The fraction of sp³-hybridized carbons (Fsp3) is 0.389. The SMILES string of the molecule is Cc1ccsc1C(=O)OCC(=O)Nc1sc2c(c1C(N)=O)CC[C@@H](C)C2. The quantitative estimate of drug-likeness (QED) is 0.764. The lowest BCUT2D eigenvalue weighted by molar-refractivity contribution is -0.119. The summed E-state index contributed by atoms with van der Waals surface area (Å²) in [5.74, 6) is -1.01. The number of hydrogen-bond donors (Lipinski definition) is 2. The second-order valence-corrected chi connectivity index (χ2v) is 8.50. The van der Waals surface area contributed by atoms with Gasteiger partial charge in [0.25, 0.3) is 11.8 Å². The number of nitrogens with one attached hydrogen (secondary N) is 1. The molecule has 0 unspecified atom stereocenters. The van der Waals surface area contributed by atoms with Crippen molar-refractivity contribution in [3.05, 3.63) is 37.9 Å². The van der Waals surface area contributed by atoms with Crippen LogP contribution in [-0.2, 0) is 22.4 Å². The van der Waals surface area contributed by atoms with E-state index in [2.05, 4.69) is 12.2 Å². The molecule has 2 aromatic heterocycles. The summed E-state index contributed by atoms with van der Waals surface area (Å²) in [6.07, 6.45) is 2.66. The minimum absolute atomic E-state index is 0.394. The highest BCUT2D eigenvalue weighted by Gasteiger charge is 2.27. The molecule has 138 valence electrons. The normalized spacial score (nSPS) is 16.0. The van der Waals surface area contributed by atoms with Crippen LogP contribution in [0.1, 0.15) is 49.4 Å². The van der Waals surface area contributed by atoms with E-state index in [4.69, 9.17) is 10.5 Å². The number of amides is 2. The Kier molecular flexibility index (Phi) is 5.43. The number of thiophene rings is 2. The summed E-state index contributed by atoms with van der Waals surface area (Å²) in [4.78, 5) is 37.6. The van der Waals surface area contributed by atoms with Gasteiger partial charge in [-0.2, -0.15) is 0 Å². The lowest BCUT2D eigenvalue weighted by Gasteiger charge is -2.18. The lowest BCUT2D eigenvalue weighted by atomic mass is 9.88. The van der Waals surface area contributed by atoms with Gasteiger partial charge in [-0.05, 0) is 54.7 Å². The van der Waals surface area contributed by atoms with Crippen molar-refractivity contribution in [2.24, 2.45) is 11.7 Å². The van der Waals surface area contributed by atoms with E-state index in [1.807, 2.05) is 13.0 Å². The number of anilines is 1. The van der Waals surface area contributed by atoms with Crippen molar-refractivity contribution in [1.29, 1.82) is 0 Å². The fourth-order valence-electron chi connectivity index (χ4n) is 3.04. The summed E-state index contributed by atoms with van der Waals surface area (Å²) in [6.45, 7) is 3.56. The Hall–Kier alpha value is -2.19. The number of nitrogens with two attached hydrogens (primary N) is 1. The Morgan fingerprint density at radius 1 is 1.38 bits per heavy atom. The molecular weight excluding hydrogens is 372 g/mol. The lowest BCUT2D eigenvalue weighted by Crippen LogP contribution is -2.23. The first-order valence-electron chi connectivity index (χ1n) is 8.32. The van der Waals surface area contributed by atoms with Gasteiger partial charge in [0, 0.05) is 4.88 Å². The molecule has 8 heteroatoms. The van der Waals surface area contributed by atoms with E-state index in [9.17, 15) is 14.4 Å². The number of carbonyl (C=O) groups excluding carboxylic acids is 3. The topological polar surface area (TPSA) is 98.5 Å². The average Bonchev–Trinajstić information content (AvgIpc) is 3.15. The number of primary amides is 1. The molecule has 0 saturated heterocycles. The Morgan fingerprint density at radius 2 is 2.15 bits per heavy atom. The summed E-state index contributed by atoms with van der Waals surface area (Å²) in [6, 6.07) is 1.82. The van der Waals surface area contributed by atoms with Gasteiger partial charge in [0.2, 0.25) is 0 Å². The monoisotopic (exact) mass is 392 g/mol. The van der Waals surface area contributed by atoms with Gasteiger partial charge in [-0.1, -0.05) is 6.92 Å². The molecule has 1 aliphatic carbocycles. The number of aryl methyl sites for hydroxylation is 1. The van der Waals surface area contributed by atoms with Gasteiger partial charge in [0.1, 0.15) is 9.88 Å². The first-order chi connectivity index (χ1) is 12.4. The zero-order chi connectivity index (χ0) is 18.8. The van der Waals surface area contributed by atoms with Crippen molar-refractivity contribution >= 4 is 45.5 Å². The first kappa shape index (κ1) is 18.6. The predicted molar refractivity (Wildman–Crippen MR) is 102 cm³/mol. The van der Waals surface area contributed by atoms with Crippen LogP contribution in [-0.4, -0.2) is 24.4 Å². The van der Waals surface area contributed by atoms with E-state index < -0.39 is 24.4 Å². The van der Waals surface area contributed by atoms with Crippen LogP contribution in [0.25, 0.3) is 0 Å². The molecule has 26 heavy (non-hydrogen) atoms. The standard InChI is InChI=1S/C18H20N2O4S2/c1-9-3-4-11-12(7-9)26-17(14(11)16(19)22)20-13(21)8-24-18(23)15-10(2)5-6-25-15/h5-6,9H,3-4,7-8H2,1-2H3,(H2,19,22)(H,20,21)/t9-/m1/s1. The molecule has 6 nitrogen and oxygen atoms in total. The average molecular weight is 393 g/mol. The van der Waals surface area contributed by atoms with Crippen molar-refractivity contribution in [3.63, 3.8) is 0 Å². The molecule has 0 spiro atoms. The molecule has 2 amide bonds. The van der Waals surface area contributed by atoms with Gasteiger partial charge in [0.15, 0.2) is 6.61 Å². The first-order valence-corrected chi connectivity index (χ1v) is 10.0. The van der Waals surface area contributed by atoms with Crippen LogP contribution >= 0.6 is 22.7 Å². The molecule has 3 N–H and O–H groups in total. The Labute approximate surface area is 159 Å². The highest BCUT2D eigenvalue weighted by Crippen LogP contribution is 2.39. The number of ether oxygens (including phenoxy) is 1. The maximum Gasteiger partial charge on any atom is 0.349 e. The summed E-state index contributed by atoms with van der Waals surface area (Å²) in [5, 5.41) is 4.93. The number of esters is 1. The van der Waals surface area contributed by atoms with Gasteiger partial charge in [-0.3, -0.25) is 9.59 Å². The third-order valence-electron chi connectivity index (χ3n) is 4.39. The van der Waals surface area contributed by atoms with E-state index in [1.165, 1.54) is 22.7 Å². The molecule has 0 fully saturated rings. The van der Waals surface area contributed by atoms with Crippen LogP contribution in [0.3, 0.4) is 0 Å². The molecule has 0 aromatic carbocycles. The maximum atomic E-state index is 12.2. The van der Waals surface area contributed by atoms with Crippen LogP contribution in [0.2, 0.25) is 0 Å². The number of fused-ring (bicyclic) bond motifs is 1. The predicted octanol–water partition coefficient (Wildman–Crippen LogP) is 3.14. The van der Waals surface area contributed by atoms with Crippen molar-refractivity contribution in [1.82, 2.24) is 0 Å². The molecule has 1 aliphatic rings. The summed E-state index contributed by atoms with van der Waals surface area (Å²) >= 11 is 2.66. The van der Waals surface area contributed by atoms with Crippen LogP contribution < -0.4 is 11.1 Å². The largest absolute Gasteiger partial charge is 0.451 e. The molecule has 0 radical (unpaired) electrons. The fourth-order valence-corrected chi connectivity index (χ4v) is 5.29. The smallest absolute Gasteiger partial charge is 0.349 e. The second kappa shape index (κ2) is 7.59. The molecular formula is C18H20N2O4S2. The Balaban J connectivity index is 1.68. The van der Waals surface area contributed by atoms with Crippen LogP contribution in [0, 0.1) is 12.8 Å². The minimum atomic E-state index is -0.543. The van der Waals surface area contributed by atoms with Crippen molar-refractivity contribution in [2.45, 2.75) is 33.1 Å². The van der Waals surface area contributed by atoms with Crippen LogP contribution in [0.5, 0.6) is 0 Å². The van der Waals surface area contributed by atoms with Crippen molar-refractivity contribution in [2.75, 3.05) is 11.9 Å².